The highest BCUT2D eigenvalue weighted by atomic mass is 16.5. The van der Waals surface area contributed by atoms with Crippen LogP contribution in [0, 0.1) is 0 Å². The molecule has 1 aromatic heterocycles. The highest BCUT2D eigenvalue weighted by molar-refractivity contribution is 6.01. The Morgan fingerprint density at radius 3 is 2.71 bits per heavy atom. The molecule has 0 atom stereocenters. The van der Waals surface area contributed by atoms with E-state index < -0.39 is 0 Å². The van der Waals surface area contributed by atoms with Crippen LogP contribution < -0.4 is 11.1 Å². The Kier molecular flexibility index (Phi) is 3.20. The zero-order valence-corrected chi connectivity index (χ0v) is 8.96. The number of amides is 1. The van der Waals surface area contributed by atoms with Crippen molar-refractivity contribution in [2.45, 2.75) is 0 Å². The lowest BCUT2D eigenvalue weighted by Gasteiger charge is -1.96. The van der Waals surface area contributed by atoms with E-state index in [1.54, 1.807) is 24.3 Å². The van der Waals surface area contributed by atoms with E-state index in [0.717, 1.165) is 5.56 Å². The van der Waals surface area contributed by atoms with Gasteiger partial charge in [-0.05, 0) is 23.8 Å². The van der Waals surface area contributed by atoms with Gasteiger partial charge in [-0.15, -0.1) is 0 Å². The molecule has 2 rings (SSSR count). The van der Waals surface area contributed by atoms with Crippen LogP contribution in [-0.4, -0.2) is 11.1 Å². The van der Waals surface area contributed by atoms with Crippen molar-refractivity contribution >= 4 is 23.5 Å². The maximum Gasteiger partial charge on any atom is 0.249 e. The van der Waals surface area contributed by atoms with Crippen LogP contribution in [0.1, 0.15) is 5.56 Å². The van der Waals surface area contributed by atoms with Gasteiger partial charge in [-0.1, -0.05) is 17.3 Å². The van der Waals surface area contributed by atoms with Crippen LogP contribution in [0.5, 0.6) is 0 Å². The number of anilines is 2. The Hall–Kier alpha value is -2.56. The monoisotopic (exact) mass is 229 g/mol. The number of nitrogens with zero attached hydrogens (tertiary/aromatic N) is 1. The van der Waals surface area contributed by atoms with Crippen LogP contribution in [0.2, 0.25) is 0 Å². The number of hydrogen-bond donors (Lipinski definition) is 2. The second-order valence-corrected chi connectivity index (χ2v) is 3.37. The molecule has 1 heterocycles. The number of nitrogen functional groups attached to an aromatic ring is 1. The molecule has 3 N–H and O–H groups in total. The standard InChI is InChI=1S/C12H11N3O2/c13-10-4-1-9(2-5-10)3-6-12(16)14-11-7-8-17-15-11/h1-8H,13H2,(H,14,15,16)/b6-3+. The highest BCUT2D eigenvalue weighted by Gasteiger charge is 1.99. The Labute approximate surface area is 97.9 Å². The normalized spacial score (nSPS) is 10.6. The van der Waals surface area contributed by atoms with E-state index in [-0.39, 0.29) is 5.91 Å². The van der Waals surface area contributed by atoms with Gasteiger partial charge < -0.3 is 15.6 Å². The quantitative estimate of drug-likeness (QED) is 0.622. The fourth-order valence-electron chi connectivity index (χ4n) is 1.22. The predicted octanol–water partition coefficient (Wildman–Crippen LogP) is 1.91. The predicted molar refractivity (Wildman–Crippen MR) is 65.0 cm³/mol. The molecule has 5 heteroatoms. The van der Waals surface area contributed by atoms with E-state index in [1.165, 1.54) is 12.3 Å². The molecule has 0 saturated carbocycles. The summed E-state index contributed by atoms with van der Waals surface area (Å²) in [5, 5.41) is 6.11. The molecule has 5 nitrogen and oxygen atoms in total. The third-order valence-corrected chi connectivity index (χ3v) is 2.05. The van der Waals surface area contributed by atoms with Gasteiger partial charge in [0, 0.05) is 17.8 Å². The summed E-state index contributed by atoms with van der Waals surface area (Å²) < 4.78 is 4.59. The SMILES string of the molecule is Nc1ccc(/C=C/C(=O)Nc2ccon2)cc1. The summed E-state index contributed by atoms with van der Waals surface area (Å²) in [5.41, 5.74) is 7.14. The molecule has 0 saturated heterocycles. The Morgan fingerprint density at radius 1 is 1.29 bits per heavy atom. The second kappa shape index (κ2) is 4.98. The van der Waals surface area contributed by atoms with Gasteiger partial charge in [0.25, 0.3) is 0 Å². The van der Waals surface area contributed by atoms with Crippen LogP contribution >= 0.6 is 0 Å². The van der Waals surface area contributed by atoms with Crippen molar-refractivity contribution in [2.24, 2.45) is 0 Å². The number of nitrogens with one attached hydrogen (secondary N) is 1. The molecule has 1 aromatic carbocycles. The molecule has 0 fully saturated rings. The summed E-state index contributed by atoms with van der Waals surface area (Å²) in [7, 11) is 0. The molecule has 1 amide bonds. The van der Waals surface area contributed by atoms with Crippen molar-refractivity contribution in [1.29, 1.82) is 0 Å². The van der Waals surface area contributed by atoms with E-state index in [4.69, 9.17) is 5.73 Å². The zero-order valence-electron chi connectivity index (χ0n) is 8.96. The maximum atomic E-state index is 11.4. The first-order chi connectivity index (χ1) is 8.24. The van der Waals surface area contributed by atoms with Crippen molar-refractivity contribution in [3.05, 3.63) is 48.2 Å². The van der Waals surface area contributed by atoms with Gasteiger partial charge in [-0.3, -0.25) is 4.79 Å². The van der Waals surface area contributed by atoms with E-state index in [0.29, 0.717) is 11.5 Å². The number of carbonyl (C=O) groups excluding carboxylic acids is 1. The fraction of sp³-hybridized carbons (Fsp3) is 0. The minimum Gasteiger partial charge on any atom is -0.399 e. The fourth-order valence-corrected chi connectivity index (χ4v) is 1.22. The number of aromatic nitrogens is 1. The van der Waals surface area contributed by atoms with Gasteiger partial charge in [0.2, 0.25) is 5.91 Å². The second-order valence-electron chi connectivity index (χ2n) is 3.37. The van der Waals surface area contributed by atoms with Crippen molar-refractivity contribution in [3.8, 4) is 0 Å². The third-order valence-electron chi connectivity index (χ3n) is 2.05. The van der Waals surface area contributed by atoms with Crippen LogP contribution in [-0.2, 0) is 4.79 Å². The first-order valence-electron chi connectivity index (χ1n) is 4.99. The highest BCUT2D eigenvalue weighted by Crippen LogP contribution is 2.07. The van der Waals surface area contributed by atoms with Gasteiger partial charge in [0.15, 0.2) is 5.82 Å². The first kappa shape index (κ1) is 10.9. The summed E-state index contributed by atoms with van der Waals surface area (Å²) in [5.74, 6) is 0.118. The van der Waals surface area contributed by atoms with Crippen LogP contribution in [0.4, 0.5) is 11.5 Å². The van der Waals surface area contributed by atoms with Crippen LogP contribution in [0.15, 0.2) is 47.2 Å². The average Bonchev–Trinajstić information content (AvgIpc) is 2.81. The molecule has 0 unspecified atom stereocenters. The molecule has 0 spiro atoms. The Balaban J connectivity index is 1.96. The lowest BCUT2D eigenvalue weighted by Crippen LogP contribution is -2.07. The molecule has 0 aliphatic heterocycles. The molecule has 86 valence electrons. The first-order valence-corrected chi connectivity index (χ1v) is 4.99. The van der Waals surface area contributed by atoms with Gasteiger partial charge in [-0.2, -0.15) is 0 Å². The summed E-state index contributed by atoms with van der Waals surface area (Å²) in [4.78, 5) is 11.4. The topological polar surface area (TPSA) is 81.2 Å². The Morgan fingerprint density at radius 2 is 2.06 bits per heavy atom. The Bertz CT molecular complexity index is 515. The average molecular weight is 229 g/mol. The minimum absolute atomic E-state index is 0.268. The lowest BCUT2D eigenvalue weighted by molar-refractivity contribution is -0.111. The van der Waals surface area contributed by atoms with E-state index in [1.807, 2.05) is 12.1 Å². The molecular formula is C12H11N3O2. The molecule has 2 aromatic rings. The maximum absolute atomic E-state index is 11.4. The van der Waals surface area contributed by atoms with Gasteiger partial charge in [-0.25, -0.2) is 0 Å². The summed E-state index contributed by atoms with van der Waals surface area (Å²) >= 11 is 0. The smallest absolute Gasteiger partial charge is 0.249 e. The van der Waals surface area contributed by atoms with Crippen LogP contribution in [0.3, 0.4) is 0 Å². The third kappa shape index (κ3) is 3.20. The molecule has 0 aliphatic carbocycles. The van der Waals surface area contributed by atoms with E-state index >= 15 is 0 Å². The van der Waals surface area contributed by atoms with E-state index in [2.05, 4.69) is 15.0 Å². The molecule has 17 heavy (non-hydrogen) atoms. The van der Waals surface area contributed by atoms with Crippen LogP contribution in [0.25, 0.3) is 6.08 Å². The molecule has 0 radical (unpaired) electrons. The van der Waals surface area contributed by atoms with Gasteiger partial charge >= 0.3 is 0 Å². The minimum atomic E-state index is -0.268. The number of rotatable bonds is 3. The van der Waals surface area contributed by atoms with Crippen molar-refractivity contribution in [1.82, 2.24) is 5.16 Å². The van der Waals surface area contributed by atoms with Gasteiger partial charge in [0.05, 0.1) is 0 Å². The largest absolute Gasteiger partial charge is 0.399 e. The van der Waals surface area contributed by atoms with E-state index in [9.17, 15) is 4.79 Å². The summed E-state index contributed by atoms with van der Waals surface area (Å²) in [6.07, 6.45) is 4.49. The van der Waals surface area contributed by atoms with Crippen molar-refractivity contribution in [2.75, 3.05) is 11.1 Å². The summed E-state index contributed by atoms with van der Waals surface area (Å²) in [6, 6.07) is 8.77. The number of carbonyl (C=O) groups is 1. The molecule has 0 aliphatic rings. The van der Waals surface area contributed by atoms with Crippen molar-refractivity contribution < 1.29 is 9.32 Å². The zero-order chi connectivity index (χ0) is 12.1. The number of nitrogens with two attached hydrogens (primary N) is 1. The summed E-state index contributed by atoms with van der Waals surface area (Å²) in [6.45, 7) is 0. The molecular weight excluding hydrogens is 218 g/mol. The molecule has 0 bridgehead atoms. The van der Waals surface area contributed by atoms with Crippen molar-refractivity contribution in [3.63, 3.8) is 0 Å². The van der Waals surface area contributed by atoms with Gasteiger partial charge in [0.1, 0.15) is 6.26 Å². The number of hydrogen-bond acceptors (Lipinski definition) is 4. The lowest BCUT2D eigenvalue weighted by atomic mass is 10.2. The number of benzene rings is 1.